The molecule has 2 atom stereocenters. The van der Waals surface area contributed by atoms with Crippen molar-refractivity contribution in [2.24, 2.45) is 0 Å². The first-order chi connectivity index (χ1) is 19.5. The molecule has 1 aliphatic rings. The van der Waals surface area contributed by atoms with E-state index in [1.807, 2.05) is 41.3 Å². The summed E-state index contributed by atoms with van der Waals surface area (Å²) in [5.41, 5.74) is 2.17. The van der Waals surface area contributed by atoms with Crippen molar-refractivity contribution in [2.75, 3.05) is 20.1 Å². The number of aromatic nitrogens is 1. The van der Waals surface area contributed by atoms with Gasteiger partial charge >= 0.3 is 6.18 Å². The number of rotatable bonds is 6. The SMILES string of the molecule is CN(Cc1ccc(C(F)(F)F)c(F)c1)[C@H]1CN(C(=O)c2ccc(-c3ccccn3)cc2)C[C@@H]1c1ccc(Cl)c(Cl)c1. The van der Waals surface area contributed by atoms with Gasteiger partial charge < -0.3 is 4.90 Å². The molecule has 0 spiro atoms. The number of likely N-dealkylation sites (tertiary alicyclic amines) is 1. The number of carbonyl (C=O) groups excluding carboxylic acids is 1. The van der Waals surface area contributed by atoms with Gasteiger partial charge in [-0.05, 0) is 66.7 Å². The zero-order valence-electron chi connectivity index (χ0n) is 21.9. The van der Waals surface area contributed by atoms with Gasteiger partial charge in [0.05, 0.1) is 21.3 Å². The molecule has 0 unspecified atom stereocenters. The number of pyridine rings is 1. The van der Waals surface area contributed by atoms with Gasteiger partial charge in [0.15, 0.2) is 0 Å². The van der Waals surface area contributed by atoms with Crippen LogP contribution in [0.5, 0.6) is 0 Å². The Bertz CT molecular complexity index is 1550. The lowest BCUT2D eigenvalue weighted by Gasteiger charge is -2.29. The van der Waals surface area contributed by atoms with Crippen LogP contribution in [0.3, 0.4) is 0 Å². The first-order valence-electron chi connectivity index (χ1n) is 12.8. The topological polar surface area (TPSA) is 36.4 Å². The molecule has 1 amide bonds. The number of hydrogen-bond acceptors (Lipinski definition) is 3. The number of likely N-dealkylation sites (N-methyl/N-ethyl adjacent to an activating group) is 1. The lowest BCUT2D eigenvalue weighted by atomic mass is 9.93. The molecule has 212 valence electrons. The second-order valence-electron chi connectivity index (χ2n) is 10.1. The Morgan fingerprint density at radius 2 is 1.73 bits per heavy atom. The second-order valence-corrected chi connectivity index (χ2v) is 10.9. The smallest absolute Gasteiger partial charge is 0.336 e. The summed E-state index contributed by atoms with van der Waals surface area (Å²) in [5, 5.41) is 0.782. The molecule has 1 aromatic heterocycles. The molecule has 2 heterocycles. The lowest BCUT2D eigenvalue weighted by molar-refractivity contribution is -0.140. The number of benzene rings is 3. The predicted octanol–water partition coefficient (Wildman–Crippen LogP) is 7.95. The van der Waals surface area contributed by atoms with Crippen LogP contribution < -0.4 is 0 Å². The zero-order chi connectivity index (χ0) is 29.3. The summed E-state index contributed by atoms with van der Waals surface area (Å²) in [6.45, 7) is 0.916. The van der Waals surface area contributed by atoms with Crippen LogP contribution in [-0.2, 0) is 12.7 Å². The average molecular weight is 602 g/mol. The van der Waals surface area contributed by atoms with Crippen molar-refractivity contribution in [1.82, 2.24) is 14.8 Å². The van der Waals surface area contributed by atoms with Gasteiger partial charge in [-0.2, -0.15) is 13.2 Å². The highest BCUT2D eigenvalue weighted by molar-refractivity contribution is 6.42. The van der Waals surface area contributed by atoms with Crippen LogP contribution in [0.2, 0.25) is 10.0 Å². The van der Waals surface area contributed by atoms with E-state index in [0.717, 1.165) is 29.0 Å². The van der Waals surface area contributed by atoms with Crippen molar-refractivity contribution in [2.45, 2.75) is 24.7 Å². The predicted molar refractivity (Wildman–Crippen MR) is 151 cm³/mol. The molecular formula is C31H25Cl2F4N3O. The molecule has 1 fully saturated rings. The van der Waals surface area contributed by atoms with Crippen LogP contribution in [0.15, 0.2) is 85.1 Å². The van der Waals surface area contributed by atoms with Crippen LogP contribution in [0.1, 0.15) is 33.0 Å². The Kier molecular flexibility index (Phi) is 8.36. The van der Waals surface area contributed by atoms with Gasteiger partial charge in [-0.15, -0.1) is 0 Å². The summed E-state index contributed by atoms with van der Waals surface area (Å²) >= 11 is 12.5. The normalized spacial score (nSPS) is 17.3. The highest BCUT2D eigenvalue weighted by Gasteiger charge is 2.39. The molecule has 1 aliphatic heterocycles. The number of hydrogen-bond donors (Lipinski definition) is 0. The van der Waals surface area contributed by atoms with E-state index < -0.39 is 17.6 Å². The first kappa shape index (κ1) is 29.0. The van der Waals surface area contributed by atoms with Gasteiger partial charge in [0.1, 0.15) is 5.82 Å². The third kappa shape index (κ3) is 6.40. The Morgan fingerprint density at radius 1 is 0.976 bits per heavy atom. The third-order valence-corrected chi connectivity index (χ3v) is 8.12. The minimum absolute atomic E-state index is 0.154. The van der Waals surface area contributed by atoms with Crippen LogP contribution in [0, 0.1) is 5.82 Å². The molecule has 0 radical (unpaired) electrons. The van der Waals surface area contributed by atoms with Gasteiger partial charge in [-0.25, -0.2) is 4.39 Å². The maximum Gasteiger partial charge on any atom is 0.419 e. The summed E-state index contributed by atoms with van der Waals surface area (Å²) in [6.07, 6.45) is -3.06. The summed E-state index contributed by atoms with van der Waals surface area (Å²) in [4.78, 5) is 21.6. The quantitative estimate of drug-likeness (QED) is 0.210. The van der Waals surface area contributed by atoms with Crippen molar-refractivity contribution < 1.29 is 22.4 Å². The molecule has 0 aliphatic carbocycles. The van der Waals surface area contributed by atoms with Crippen molar-refractivity contribution in [3.63, 3.8) is 0 Å². The fraction of sp³-hybridized carbons (Fsp3) is 0.226. The minimum atomic E-state index is -4.77. The monoisotopic (exact) mass is 601 g/mol. The highest BCUT2D eigenvalue weighted by Crippen LogP contribution is 2.36. The number of carbonyl (C=O) groups is 1. The van der Waals surface area contributed by atoms with E-state index >= 15 is 0 Å². The Labute approximate surface area is 245 Å². The maximum atomic E-state index is 14.3. The summed E-state index contributed by atoms with van der Waals surface area (Å²) < 4.78 is 53.4. The molecule has 10 heteroatoms. The molecular weight excluding hydrogens is 577 g/mol. The van der Waals surface area contributed by atoms with E-state index in [0.29, 0.717) is 34.3 Å². The number of halogens is 6. The molecule has 4 nitrogen and oxygen atoms in total. The van der Waals surface area contributed by atoms with E-state index in [-0.39, 0.29) is 24.4 Å². The molecule has 0 bridgehead atoms. The highest BCUT2D eigenvalue weighted by atomic mass is 35.5. The van der Waals surface area contributed by atoms with E-state index in [1.165, 1.54) is 6.07 Å². The summed E-state index contributed by atoms with van der Waals surface area (Å²) in [6, 6.07) is 20.9. The summed E-state index contributed by atoms with van der Waals surface area (Å²) in [5.74, 6) is -1.65. The van der Waals surface area contributed by atoms with Crippen molar-refractivity contribution in [1.29, 1.82) is 0 Å². The van der Waals surface area contributed by atoms with Gasteiger partial charge in [0, 0.05) is 48.9 Å². The number of nitrogens with zero attached hydrogens (tertiary/aromatic N) is 3. The van der Waals surface area contributed by atoms with Gasteiger partial charge in [-0.3, -0.25) is 14.7 Å². The third-order valence-electron chi connectivity index (χ3n) is 7.38. The van der Waals surface area contributed by atoms with Crippen LogP contribution in [-0.4, -0.2) is 46.9 Å². The van der Waals surface area contributed by atoms with Crippen molar-refractivity contribution >= 4 is 29.1 Å². The zero-order valence-corrected chi connectivity index (χ0v) is 23.4. The van der Waals surface area contributed by atoms with E-state index in [9.17, 15) is 22.4 Å². The second kappa shape index (κ2) is 11.8. The largest absolute Gasteiger partial charge is 0.419 e. The van der Waals surface area contributed by atoms with E-state index in [2.05, 4.69) is 4.98 Å². The standard InChI is InChI=1S/C31H25Cl2F4N3O/c1-39(16-19-5-11-24(27(34)14-19)31(35,36)37)29-18-40(17-23(29)22-10-12-25(32)26(33)15-22)30(41)21-8-6-20(7-9-21)28-4-2-3-13-38-28/h2-15,23,29H,16-18H2,1H3/t23-,29+/m1/s1. The minimum Gasteiger partial charge on any atom is -0.336 e. The molecule has 0 N–H and O–H groups in total. The van der Waals surface area contributed by atoms with Gasteiger partial charge in [0.25, 0.3) is 5.91 Å². The Balaban J connectivity index is 1.39. The molecule has 1 saturated heterocycles. The number of alkyl halides is 3. The first-order valence-corrected chi connectivity index (χ1v) is 13.6. The van der Waals surface area contributed by atoms with Gasteiger partial charge in [0.2, 0.25) is 0 Å². The molecule has 4 aromatic rings. The number of amides is 1. The van der Waals surface area contributed by atoms with Crippen molar-refractivity contribution in [3.05, 3.63) is 123 Å². The Morgan fingerprint density at radius 3 is 2.37 bits per heavy atom. The Hall–Kier alpha value is -3.46. The maximum absolute atomic E-state index is 14.3. The van der Waals surface area contributed by atoms with Gasteiger partial charge in [-0.1, -0.05) is 53.5 Å². The fourth-order valence-electron chi connectivity index (χ4n) is 5.26. The van der Waals surface area contributed by atoms with Crippen molar-refractivity contribution in [3.8, 4) is 11.3 Å². The molecule has 5 rings (SSSR count). The average Bonchev–Trinajstić information content (AvgIpc) is 3.40. The van der Waals surface area contributed by atoms with Crippen LogP contribution in [0.25, 0.3) is 11.3 Å². The van der Waals surface area contributed by atoms with Crippen LogP contribution >= 0.6 is 23.2 Å². The lowest BCUT2D eigenvalue weighted by Crippen LogP contribution is -2.38. The van der Waals surface area contributed by atoms with E-state index in [1.54, 1.807) is 42.4 Å². The molecule has 0 saturated carbocycles. The molecule has 3 aromatic carbocycles. The molecule has 41 heavy (non-hydrogen) atoms. The van der Waals surface area contributed by atoms with E-state index in [4.69, 9.17) is 23.2 Å². The fourth-order valence-corrected chi connectivity index (χ4v) is 5.57. The van der Waals surface area contributed by atoms with Crippen LogP contribution in [0.4, 0.5) is 17.6 Å². The summed E-state index contributed by atoms with van der Waals surface area (Å²) in [7, 11) is 1.81.